The van der Waals surface area contributed by atoms with Crippen molar-refractivity contribution in [1.82, 2.24) is 15.7 Å². The molecule has 8 nitrogen and oxygen atoms in total. The number of carbonyl (C=O) groups is 3. The van der Waals surface area contributed by atoms with E-state index >= 15 is 0 Å². The average molecular weight is 411 g/mol. The van der Waals surface area contributed by atoms with Crippen LogP contribution in [0.4, 0.5) is 10.5 Å². The molecular formula is C19H27ClN4O4. The summed E-state index contributed by atoms with van der Waals surface area (Å²) in [6.45, 7) is 3.78. The van der Waals surface area contributed by atoms with Crippen LogP contribution in [0.25, 0.3) is 0 Å². The molecule has 2 rings (SSSR count). The van der Waals surface area contributed by atoms with Gasteiger partial charge in [0.25, 0.3) is 5.91 Å². The first-order chi connectivity index (χ1) is 13.3. The summed E-state index contributed by atoms with van der Waals surface area (Å²) in [4.78, 5) is 38.5. The van der Waals surface area contributed by atoms with Gasteiger partial charge in [-0.1, -0.05) is 44.0 Å². The summed E-state index contributed by atoms with van der Waals surface area (Å²) in [5.74, 6) is -0.902. The molecule has 1 saturated carbocycles. The number of nitrogens with zero attached hydrogens (tertiary/aromatic N) is 1. The Kier molecular flexibility index (Phi) is 8.07. The highest BCUT2D eigenvalue weighted by Gasteiger charge is 2.32. The normalized spacial score (nSPS) is 14.8. The third-order valence-corrected chi connectivity index (χ3v) is 5.15. The lowest BCUT2D eigenvalue weighted by Crippen LogP contribution is -2.55. The van der Waals surface area contributed by atoms with Crippen molar-refractivity contribution >= 4 is 35.1 Å². The Balaban J connectivity index is 2.07. The summed E-state index contributed by atoms with van der Waals surface area (Å²) in [5.41, 5.74) is 1.99. The van der Waals surface area contributed by atoms with Gasteiger partial charge in [0.2, 0.25) is 5.91 Å². The highest BCUT2D eigenvalue weighted by molar-refractivity contribution is 6.33. The average Bonchev–Trinajstić information content (AvgIpc) is 2.62. The molecule has 1 fully saturated rings. The van der Waals surface area contributed by atoms with Crippen molar-refractivity contribution in [1.29, 1.82) is 0 Å². The van der Waals surface area contributed by atoms with Crippen molar-refractivity contribution in [2.45, 2.75) is 39.2 Å². The Hall–Kier alpha value is -2.32. The minimum absolute atomic E-state index is 0.203. The molecule has 4 N–H and O–H groups in total. The van der Waals surface area contributed by atoms with Crippen LogP contribution in [-0.4, -0.2) is 47.1 Å². The molecule has 0 saturated heterocycles. The number of hydrogen-bond acceptors (Lipinski definition) is 4. The van der Waals surface area contributed by atoms with Gasteiger partial charge in [-0.15, -0.1) is 0 Å². The molecule has 9 heteroatoms. The number of hydroxylamine groups is 1. The van der Waals surface area contributed by atoms with Gasteiger partial charge in [0.15, 0.2) is 0 Å². The molecular weight excluding hydrogens is 384 g/mol. The molecule has 4 amide bonds. The molecule has 1 aromatic carbocycles. The maximum Gasteiger partial charge on any atom is 0.319 e. The maximum atomic E-state index is 13.1. The van der Waals surface area contributed by atoms with Gasteiger partial charge in [0.05, 0.1) is 10.7 Å². The Labute approximate surface area is 169 Å². The molecule has 1 aliphatic carbocycles. The molecule has 0 aliphatic heterocycles. The van der Waals surface area contributed by atoms with Crippen molar-refractivity contribution in [3.63, 3.8) is 0 Å². The van der Waals surface area contributed by atoms with Gasteiger partial charge in [0.1, 0.15) is 12.6 Å². The van der Waals surface area contributed by atoms with Crippen molar-refractivity contribution in [2.24, 2.45) is 11.8 Å². The molecule has 1 unspecified atom stereocenters. The zero-order valence-corrected chi connectivity index (χ0v) is 16.8. The van der Waals surface area contributed by atoms with Crippen LogP contribution in [0.15, 0.2) is 24.3 Å². The first kappa shape index (κ1) is 22.0. The minimum Gasteiger partial charge on any atom is -0.331 e. The standard InChI is InChI=1S/C19H27ClN4O4/c1-12(2)17(22-19(27)21-15-9-4-3-8-14(15)20)18(26)24(11-16(25)23-28)10-13-6-5-7-13/h3-4,8-9,12-13,17,28H,5-7,10-11H2,1-2H3,(H,23,25)(H2,21,22,27). The molecule has 0 spiro atoms. The number of urea groups is 1. The summed E-state index contributed by atoms with van der Waals surface area (Å²) in [7, 11) is 0. The molecule has 0 heterocycles. The number of halogens is 1. The van der Waals surface area contributed by atoms with Gasteiger partial charge >= 0.3 is 6.03 Å². The SMILES string of the molecule is CC(C)C(NC(=O)Nc1ccccc1Cl)C(=O)N(CC(=O)NO)CC1CCC1. The number of amides is 4. The molecule has 1 aliphatic rings. The predicted octanol–water partition coefficient (Wildman–Crippen LogP) is 2.62. The minimum atomic E-state index is -0.825. The lowest BCUT2D eigenvalue weighted by Gasteiger charge is -2.35. The lowest BCUT2D eigenvalue weighted by atomic mass is 9.85. The fourth-order valence-electron chi connectivity index (χ4n) is 3.00. The second-order valence-corrected chi connectivity index (χ2v) is 7.76. The Morgan fingerprint density at radius 1 is 1.25 bits per heavy atom. The summed E-state index contributed by atoms with van der Waals surface area (Å²) >= 11 is 6.05. The summed E-state index contributed by atoms with van der Waals surface area (Å²) in [6, 6.07) is 5.40. The van der Waals surface area contributed by atoms with Crippen molar-refractivity contribution in [3.8, 4) is 0 Å². The summed E-state index contributed by atoms with van der Waals surface area (Å²) < 4.78 is 0. The van der Waals surface area contributed by atoms with E-state index in [0.29, 0.717) is 23.2 Å². The van der Waals surface area contributed by atoms with Crippen LogP contribution in [-0.2, 0) is 9.59 Å². The van der Waals surface area contributed by atoms with E-state index in [1.165, 1.54) is 4.90 Å². The van der Waals surface area contributed by atoms with E-state index < -0.39 is 18.0 Å². The van der Waals surface area contributed by atoms with Crippen molar-refractivity contribution in [2.75, 3.05) is 18.4 Å². The lowest BCUT2D eigenvalue weighted by molar-refractivity contribution is -0.142. The monoisotopic (exact) mass is 410 g/mol. The van der Waals surface area contributed by atoms with E-state index in [9.17, 15) is 14.4 Å². The van der Waals surface area contributed by atoms with Crippen molar-refractivity contribution in [3.05, 3.63) is 29.3 Å². The van der Waals surface area contributed by atoms with Crippen LogP contribution in [0.1, 0.15) is 33.1 Å². The van der Waals surface area contributed by atoms with E-state index in [4.69, 9.17) is 16.8 Å². The highest BCUT2D eigenvalue weighted by Crippen LogP contribution is 2.27. The van der Waals surface area contributed by atoms with Crippen molar-refractivity contribution < 1.29 is 19.6 Å². The predicted molar refractivity (Wildman–Crippen MR) is 106 cm³/mol. The van der Waals surface area contributed by atoms with Crippen LogP contribution in [0.3, 0.4) is 0 Å². The second kappa shape index (κ2) is 10.3. The topological polar surface area (TPSA) is 111 Å². The van der Waals surface area contributed by atoms with E-state index in [0.717, 1.165) is 19.3 Å². The Bertz CT molecular complexity index is 709. The second-order valence-electron chi connectivity index (χ2n) is 7.35. The molecule has 0 bridgehead atoms. The number of benzene rings is 1. The van der Waals surface area contributed by atoms with Gasteiger partial charge in [-0.05, 0) is 36.8 Å². The first-order valence-corrected chi connectivity index (χ1v) is 9.73. The fraction of sp³-hybridized carbons (Fsp3) is 0.526. The summed E-state index contributed by atoms with van der Waals surface area (Å²) in [6.07, 6.45) is 3.10. The number of hydrogen-bond donors (Lipinski definition) is 4. The zero-order valence-electron chi connectivity index (χ0n) is 16.1. The van der Waals surface area contributed by atoms with Gasteiger partial charge in [-0.25, -0.2) is 10.3 Å². The number of nitrogens with one attached hydrogen (secondary N) is 3. The Morgan fingerprint density at radius 3 is 2.46 bits per heavy atom. The van der Waals surface area contributed by atoms with Gasteiger partial charge in [0, 0.05) is 6.54 Å². The third-order valence-electron chi connectivity index (χ3n) is 4.82. The number of rotatable bonds is 8. The third kappa shape index (κ3) is 6.10. The number of anilines is 1. The van der Waals surface area contributed by atoms with E-state index in [1.807, 2.05) is 13.8 Å². The molecule has 28 heavy (non-hydrogen) atoms. The van der Waals surface area contributed by atoms with Gasteiger partial charge in [-0.3, -0.25) is 14.8 Å². The smallest absolute Gasteiger partial charge is 0.319 e. The van der Waals surface area contributed by atoms with E-state index in [1.54, 1.807) is 29.7 Å². The zero-order chi connectivity index (χ0) is 20.7. The highest BCUT2D eigenvalue weighted by atomic mass is 35.5. The number of para-hydroxylation sites is 1. The molecule has 0 radical (unpaired) electrons. The van der Waals surface area contributed by atoms with Crippen LogP contribution in [0.2, 0.25) is 5.02 Å². The van der Waals surface area contributed by atoms with E-state index in [2.05, 4.69) is 10.6 Å². The maximum absolute atomic E-state index is 13.1. The summed E-state index contributed by atoms with van der Waals surface area (Å²) in [5, 5.41) is 14.5. The van der Waals surface area contributed by atoms with E-state index in [-0.39, 0.29) is 18.4 Å². The Morgan fingerprint density at radius 2 is 1.93 bits per heavy atom. The fourth-order valence-corrected chi connectivity index (χ4v) is 3.18. The first-order valence-electron chi connectivity index (χ1n) is 9.35. The largest absolute Gasteiger partial charge is 0.331 e. The van der Waals surface area contributed by atoms with Crippen LogP contribution < -0.4 is 16.1 Å². The molecule has 1 atom stereocenters. The van der Waals surface area contributed by atoms with Gasteiger partial charge in [-0.2, -0.15) is 0 Å². The molecule has 1 aromatic rings. The molecule has 154 valence electrons. The van der Waals surface area contributed by atoms with Crippen LogP contribution in [0, 0.1) is 11.8 Å². The van der Waals surface area contributed by atoms with Gasteiger partial charge < -0.3 is 15.5 Å². The molecule has 0 aromatic heterocycles. The number of carbonyl (C=O) groups excluding carboxylic acids is 3. The van der Waals surface area contributed by atoms with Crippen LogP contribution in [0.5, 0.6) is 0 Å². The quantitative estimate of drug-likeness (QED) is 0.390. The van der Waals surface area contributed by atoms with Crippen LogP contribution >= 0.6 is 11.6 Å².